The highest BCUT2D eigenvalue weighted by Gasteiger charge is 2.39. The van der Waals surface area contributed by atoms with Crippen LogP contribution in [0.1, 0.15) is 25.0 Å². The van der Waals surface area contributed by atoms with Crippen LogP contribution in [0.2, 0.25) is 0 Å². The van der Waals surface area contributed by atoms with Crippen molar-refractivity contribution in [2.24, 2.45) is 0 Å². The van der Waals surface area contributed by atoms with Gasteiger partial charge < -0.3 is 14.7 Å². The van der Waals surface area contributed by atoms with Gasteiger partial charge in [0.05, 0.1) is 5.69 Å². The quantitative estimate of drug-likeness (QED) is 0.134. The van der Waals surface area contributed by atoms with Crippen molar-refractivity contribution < 1.29 is 0 Å². The van der Waals surface area contributed by atoms with Gasteiger partial charge in [-0.15, -0.1) is 0 Å². The molecule has 12 aromatic rings. The first-order valence-electron chi connectivity index (χ1n) is 24.3. The van der Waals surface area contributed by atoms with Crippen molar-refractivity contribution in [2.75, 3.05) is 14.7 Å². The molecule has 0 fully saturated rings. The predicted molar refractivity (Wildman–Crippen MR) is 298 cm³/mol. The first-order chi connectivity index (χ1) is 34.5. The molecule has 0 N–H and O–H groups in total. The van der Waals surface area contributed by atoms with E-state index < -0.39 is 0 Å². The van der Waals surface area contributed by atoms with Crippen LogP contribution in [0.15, 0.2) is 261 Å². The van der Waals surface area contributed by atoms with Crippen LogP contribution in [0.5, 0.6) is 0 Å². The molecule has 3 heteroatoms. The van der Waals surface area contributed by atoms with Gasteiger partial charge in [0.2, 0.25) is 0 Å². The summed E-state index contributed by atoms with van der Waals surface area (Å²) in [6.07, 6.45) is 0. The van der Waals surface area contributed by atoms with Crippen LogP contribution in [0, 0.1) is 0 Å². The molecule has 3 nitrogen and oxygen atoms in total. The summed E-state index contributed by atoms with van der Waals surface area (Å²) in [6, 6.07) is 95.4. The molecule has 1 aliphatic rings. The van der Waals surface area contributed by atoms with E-state index in [-0.39, 0.29) is 5.41 Å². The molecule has 0 atom stereocenters. The van der Waals surface area contributed by atoms with Crippen LogP contribution in [0.4, 0.5) is 51.2 Å². The minimum atomic E-state index is -0.232. The van der Waals surface area contributed by atoms with Gasteiger partial charge in [0.25, 0.3) is 0 Å². The Hall–Kier alpha value is -8.92. The number of para-hydroxylation sites is 3. The van der Waals surface area contributed by atoms with Gasteiger partial charge in [0.15, 0.2) is 0 Å². The summed E-state index contributed by atoms with van der Waals surface area (Å²) in [7, 11) is 0. The van der Waals surface area contributed by atoms with Crippen LogP contribution in [-0.4, -0.2) is 0 Å². The van der Waals surface area contributed by atoms with E-state index in [1.807, 2.05) is 0 Å². The van der Waals surface area contributed by atoms with E-state index in [9.17, 15) is 0 Å². The number of hydrogen-bond acceptors (Lipinski definition) is 3. The fraction of sp³-hybridized carbons (Fsp3) is 0.0448. The largest absolute Gasteiger partial charge is 0.310 e. The van der Waals surface area contributed by atoms with Crippen molar-refractivity contribution >= 4 is 94.3 Å². The summed E-state index contributed by atoms with van der Waals surface area (Å²) in [5.41, 5.74) is 14.8. The molecule has 0 spiro atoms. The Morgan fingerprint density at radius 3 is 1.20 bits per heavy atom. The molecular formula is C67H49N3. The molecule has 0 bridgehead atoms. The fourth-order valence-electron chi connectivity index (χ4n) is 11.4. The van der Waals surface area contributed by atoms with Crippen LogP contribution in [-0.2, 0) is 5.41 Å². The normalized spacial score (nSPS) is 12.5. The molecule has 0 radical (unpaired) electrons. The van der Waals surface area contributed by atoms with Crippen molar-refractivity contribution in [1.82, 2.24) is 0 Å². The number of hydrogen-bond donors (Lipinski definition) is 0. The third-order valence-electron chi connectivity index (χ3n) is 14.5. The summed E-state index contributed by atoms with van der Waals surface area (Å²) < 4.78 is 0. The van der Waals surface area contributed by atoms with Gasteiger partial charge in [-0.25, -0.2) is 0 Å². The van der Waals surface area contributed by atoms with Crippen molar-refractivity contribution in [3.05, 3.63) is 272 Å². The Morgan fingerprint density at radius 1 is 0.271 bits per heavy atom. The fourth-order valence-corrected chi connectivity index (χ4v) is 11.4. The zero-order valence-corrected chi connectivity index (χ0v) is 39.2. The number of benzene rings is 12. The Kier molecular flexibility index (Phi) is 9.85. The molecule has 0 heterocycles. The van der Waals surface area contributed by atoms with Gasteiger partial charge >= 0.3 is 0 Å². The van der Waals surface area contributed by atoms with Gasteiger partial charge in [-0.2, -0.15) is 0 Å². The van der Waals surface area contributed by atoms with E-state index in [2.05, 4.69) is 289 Å². The molecule has 0 saturated heterocycles. The monoisotopic (exact) mass is 895 g/mol. The summed E-state index contributed by atoms with van der Waals surface area (Å²) in [5, 5.41) is 10.0. The molecule has 0 aliphatic heterocycles. The molecule has 13 rings (SSSR count). The van der Waals surface area contributed by atoms with Crippen LogP contribution in [0.3, 0.4) is 0 Å². The molecular weight excluding hydrogens is 847 g/mol. The first-order valence-corrected chi connectivity index (χ1v) is 24.3. The third kappa shape index (κ3) is 6.73. The molecule has 0 aromatic heterocycles. The summed E-state index contributed by atoms with van der Waals surface area (Å²) in [4.78, 5) is 7.27. The van der Waals surface area contributed by atoms with E-state index in [1.54, 1.807) is 0 Å². The lowest BCUT2D eigenvalue weighted by Gasteiger charge is -2.33. The van der Waals surface area contributed by atoms with Crippen LogP contribution in [0.25, 0.3) is 54.2 Å². The van der Waals surface area contributed by atoms with Gasteiger partial charge in [-0.05, 0) is 151 Å². The first kappa shape index (κ1) is 41.3. The zero-order valence-electron chi connectivity index (χ0n) is 39.2. The Labute approximate surface area is 409 Å². The average Bonchev–Trinajstić information content (AvgIpc) is 3.66. The predicted octanol–water partition coefficient (Wildman–Crippen LogP) is 19.0. The zero-order chi connectivity index (χ0) is 46.8. The van der Waals surface area contributed by atoms with Crippen molar-refractivity contribution in [3.8, 4) is 11.1 Å². The molecule has 1 aliphatic carbocycles. The Balaban J connectivity index is 1.06. The Bertz CT molecular complexity index is 3860. The number of anilines is 9. The van der Waals surface area contributed by atoms with E-state index in [4.69, 9.17) is 0 Å². The summed E-state index contributed by atoms with van der Waals surface area (Å²) in [5.74, 6) is 0. The average molecular weight is 896 g/mol. The van der Waals surface area contributed by atoms with Gasteiger partial charge in [0, 0.05) is 56.5 Å². The summed E-state index contributed by atoms with van der Waals surface area (Å²) >= 11 is 0. The lowest BCUT2D eigenvalue weighted by atomic mass is 9.80. The standard InChI is InChI=1S/C67H49N3/c1-67(2)63-39-19-18-38-61(63)65-64(42-46-22-12-13-33-55(46)66(65)67)70(52-31-20-29-50(43-52)68(47-23-6-3-7-24-47)48-25-8-4-9-26-48)53-32-21-30-51(44-53)69(49-27-10-5-11-28-49)54-40-41-60-58-36-15-14-34-56(58)57-35-16-17-37-59(57)62(60)45-54/h3-45H,1-2H3. The lowest BCUT2D eigenvalue weighted by Crippen LogP contribution is -2.17. The highest BCUT2D eigenvalue weighted by atomic mass is 15.2. The highest BCUT2D eigenvalue weighted by molar-refractivity contribution is 6.26. The second-order valence-corrected chi connectivity index (χ2v) is 18.9. The van der Waals surface area contributed by atoms with Crippen LogP contribution >= 0.6 is 0 Å². The SMILES string of the molecule is CC1(C)c2ccccc2-c2c(N(c3cccc(N(c4ccccc4)c4ccccc4)c3)c3cccc(N(c4ccccc4)c4ccc5c6ccccc6c6ccccc6c5c4)c3)cc3ccccc3c21. The molecule has 70 heavy (non-hydrogen) atoms. The number of nitrogens with zero attached hydrogens (tertiary/aromatic N) is 3. The third-order valence-corrected chi connectivity index (χ3v) is 14.5. The van der Waals surface area contributed by atoms with Gasteiger partial charge in [0.1, 0.15) is 0 Å². The van der Waals surface area contributed by atoms with E-state index >= 15 is 0 Å². The van der Waals surface area contributed by atoms with E-state index in [0.29, 0.717) is 0 Å². The van der Waals surface area contributed by atoms with Crippen molar-refractivity contribution in [2.45, 2.75) is 19.3 Å². The van der Waals surface area contributed by atoms with Gasteiger partial charge in [-0.1, -0.05) is 184 Å². The maximum Gasteiger partial charge on any atom is 0.0549 e. The topological polar surface area (TPSA) is 9.72 Å². The second-order valence-electron chi connectivity index (χ2n) is 18.9. The summed E-state index contributed by atoms with van der Waals surface area (Å²) in [6.45, 7) is 4.79. The lowest BCUT2D eigenvalue weighted by molar-refractivity contribution is 0.666. The minimum Gasteiger partial charge on any atom is -0.310 e. The van der Waals surface area contributed by atoms with E-state index in [0.717, 1.165) is 51.2 Å². The number of rotatable bonds is 9. The second kappa shape index (κ2) is 16.7. The van der Waals surface area contributed by atoms with Crippen LogP contribution < -0.4 is 14.7 Å². The van der Waals surface area contributed by atoms with E-state index in [1.165, 1.54) is 65.3 Å². The maximum atomic E-state index is 2.51. The molecule has 0 unspecified atom stereocenters. The van der Waals surface area contributed by atoms with Gasteiger partial charge in [-0.3, -0.25) is 0 Å². The minimum absolute atomic E-state index is 0.232. The molecule has 0 saturated carbocycles. The Morgan fingerprint density at radius 2 is 0.657 bits per heavy atom. The smallest absolute Gasteiger partial charge is 0.0549 e. The molecule has 12 aromatic carbocycles. The highest BCUT2D eigenvalue weighted by Crippen LogP contribution is 2.57. The van der Waals surface area contributed by atoms with Crippen molar-refractivity contribution in [3.63, 3.8) is 0 Å². The van der Waals surface area contributed by atoms with Crippen molar-refractivity contribution in [1.29, 1.82) is 0 Å². The number of fused-ring (bicyclic) bond motifs is 11. The molecule has 332 valence electrons. The molecule has 0 amide bonds. The maximum absolute atomic E-state index is 2.51.